The Morgan fingerprint density at radius 1 is 1.33 bits per heavy atom. The fourth-order valence-corrected chi connectivity index (χ4v) is 3.87. The second kappa shape index (κ2) is 7.85. The molecular weight excluding hydrogens is 320 g/mol. The zero-order valence-electron chi connectivity index (χ0n) is 14.3. The summed E-state index contributed by atoms with van der Waals surface area (Å²) in [7, 11) is 1.78. The van der Waals surface area contributed by atoms with Crippen LogP contribution in [0.4, 0.5) is 5.13 Å². The Balaban J connectivity index is 1.51. The molecule has 1 aliphatic rings. The van der Waals surface area contributed by atoms with Crippen LogP contribution < -0.4 is 4.90 Å². The summed E-state index contributed by atoms with van der Waals surface area (Å²) < 4.78 is 0. The van der Waals surface area contributed by atoms with Gasteiger partial charge in [-0.05, 0) is 50.8 Å². The molecule has 0 unspecified atom stereocenters. The van der Waals surface area contributed by atoms with E-state index in [-0.39, 0.29) is 11.9 Å². The maximum atomic E-state index is 12.6. The average molecular weight is 344 g/mol. The average Bonchev–Trinajstić information content (AvgIpc) is 3.16. The van der Waals surface area contributed by atoms with Gasteiger partial charge >= 0.3 is 0 Å². The lowest BCUT2D eigenvalue weighted by Gasteiger charge is -2.36. The van der Waals surface area contributed by atoms with Crippen molar-refractivity contribution in [3.63, 3.8) is 0 Å². The molecule has 128 valence electrons. The molecule has 24 heavy (non-hydrogen) atoms. The van der Waals surface area contributed by atoms with Crippen molar-refractivity contribution in [1.29, 1.82) is 0 Å². The number of hydrogen-bond donors (Lipinski definition) is 0. The predicted molar refractivity (Wildman–Crippen MR) is 97.2 cm³/mol. The summed E-state index contributed by atoms with van der Waals surface area (Å²) >= 11 is 1.39. The van der Waals surface area contributed by atoms with Crippen molar-refractivity contribution in [2.45, 2.75) is 32.2 Å². The second-order valence-electron chi connectivity index (χ2n) is 6.46. The van der Waals surface area contributed by atoms with E-state index in [2.05, 4.69) is 45.4 Å². The Labute approximate surface area is 147 Å². The van der Waals surface area contributed by atoms with Gasteiger partial charge in [0, 0.05) is 7.05 Å². The van der Waals surface area contributed by atoms with Crippen LogP contribution in [0.5, 0.6) is 0 Å². The summed E-state index contributed by atoms with van der Waals surface area (Å²) in [6.45, 7) is 3.96. The van der Waals surface area contributed by atoms with E-state index < -0.39 is 0 Å². The van der Waals surface area contributed by atoms with E-state index in [1.54, 1.807) is 17.5 Å². The van der Waals surface area contributed by atoms with Crippen LogP contribution in [0.1, 0.15) is 25.3 Å². The molecule has 1 aromatic carbocycles. The van der Waals surface area contributed by atoms with Crippen molar-refractivity contribution < 1.29 is 4.79 Å². The number of likely N-dealkylation sites (N-methyl/N-ethyl adjacent to an activating group) is 1. The first-order chi connectivity index (χ1) is 11.6. The van der Waals surface area contributed by atoms with Crippen molar-refractivity contribution in [2.24, 2.45) is 5.92 Å². The Kier molecular flexibility index (Phi) is 5.58. The fourth-order valence-electron chi connectivity index (χ4n) is 3.34. The Bertz CT molecular complexity index is 638. The molecule has 6 heteroatoms. The largest absolute Gasteiger partial charge is 0.292 e. The monoisotopic (exact) mass is 344 g/mol. The quantitative estimate of drug-likeness (QED) is 0.837. The number of carbonyl (C=O) groups excluding carboxylic acids is 1. The van der Waals surface area contributed by atoms with E-state index in [0.717, 1.165) is 32.4 Å². The van der Waals surface area contributed by atoms with Gasteiger partial charge in [0.05, 0.1) is 6.04 Å². The van der Waals surface area contributed by atoms with Gasteiger partial charge in [0.1, 0.15) is 5.51 Å². The number of aromatic nitrogens is 2. The van der Waals surface area contributed by atoms with Crippen LogP contribution in [0.25, 0.3) is 0 Å². The number of rotatable bonds is 5. The number of carbonyl (C=O) groups is 1. The van der Waals surface area contributed by atoms with Gasteiger partial charge < -0.3 is 0 Å². The summed E-state index contributed by atoms with van der Waals surface area (Å²) in [4.78, 5) is 16.6. The van der Waals surface area contributed by atoms with E-state index in [4.69, 9.17) is 0 Å². The lowest BCUT2D eigenvalue weighted by Crippen LogP contribution is -2.49. The SMILES string of the molecule is C[C@H](C(=O)N(C)c1nncs1)N1CCC(Cc2ccccc2)CC1. The van der Waals surface area contributed by atoms with Gasteiger partial charge in [-0.25, -0.2) is 0 Å². The smallest absolute Gasteiger partial charge is 0.245 e. The maximum absolute atomic E-state index is 12.6. The first-order valence-electron chi connectivity index (χ1n) is 8.47. The molecule has 1 aliphatic heterocycles. The van der Waals surface area contributed by atoms with Crippen molar-refractivity contribution in [3.05, 3.63) is 41.4 Å². The van der Waals surface area contributed by atoms with Crippen molar-refractivity contribution in [2.75, 3.05) is 25.0 Å². The zero-order valence-corrected chi connectivity index (χ0v) is 15.1. The minimum absolute atomic E-state index is 0.0910. The van der Waals surface area contributed by atoms with Crippen LogP contribution in [-0.2, 0) is 11.2 Å². The second-order valence-corrected chi connectivity index (χ2v) is 7.28. The number of nitrogens with zero attached hydrogens (tertiary/aromatic N) is 4. The number of piperidine rings is 1. The van der Waals surface area contributed by atoms with Crippen LogP contribution in [0.15, 0.2) is 35.8 Å². The minimum Gasteiger partial charge on any atom is -0.292 e. The number of anilines is 1. The molecule has 3 rings (SSSR count). The van der Waals surface area contributed by atoms with Gasteiger partial charge in [0.15, 0.2) is 0 Å². The minimum atomic E-state index is -0.114. The van der Waals surface area contributed by atoms with Gasteiger partial charge in [-0.3, -0.25) is 14.6 Å². The molecule has 2 aromatic rings. The highest BCUT2D eigenvalue weighted by Gasteiger charge is 2.29. The first-order valence-corrected chi connectivity index (χ1v) is 9.35. The predicted octanol–water partition coefficient (Wildman–Crippen LogP) is 2.84. The number of benzene rings is 1. The van der Waals surface area contributed by atoms with Crippen LogP contribution in [0, 0.1) is 5.92 Å². The first kappa shape index (κ1) is 17.0. The van der Waals surface area contributed by atoms with Gasteiger partial charge in [0.2, 0.25) is 11.0 Å². The number of hydrogen-bond acceptors (Lipinski definition) is 5. The molecule has 0 aliphatic carbocycles. The summed E-state index contributed by atoms with van der Waals surface area (Å²) in [5.41, 5.74) is 3.06. The van der Waals surface area contributed by atoms with Crippen LogP contribution in [-0.4, -0.2) is 47.2 Å². The molecule has 1 amide bonds. The van der Waals surface area contributed by atoms with E-state index in [1.807, 2.05) is 6.92 Å². The highest BCUT2D eigenvalue weighted by molar-refractivity contribution is 7.13. The molecule has 1 atom stereocenters. The Morgan fingerprint density at radius 2 is 2.04 bits per heavy atom. The summed E-state index contributed by atoms with van der Waals surface area (Å²) in [5, 5.41) is 8.45. The molecule has 0 bridgehead atoms. The summed E-state index contributed by atoms with van der Waals surface area (Å²) in [6.07, 6.45) is 3.44. The van der Waals surface area contributed by atoms with Crippen molar-refractivity contribution >= 4 is 22.4 Å². The van der Waals surface area contributed by atoms with Gasteiger partial charge in [-0.2, -0.15) is 0 Å². The van der Waals surface area contributed by atoms with Crippen molar-refractivity contribution in [3.8, 4) is 0 Å². The summed E-state index contributed by atoms with van der Waals surface area (Å²) in [5.74, 6) is 0.806. The molecule has 1 saturated heterocycles. The fraction of sp³-hybridized carbons (Fsp3) is 0.500. The van der Waals surface area contributed by atoms with Gasteiger partial charge in [0.25, 0.3) is 0 Å². The summed E-state index contributed by atoms with van der Waals surface area (Å²) in [6, 6.07) is 10.6. The molecule has 5 nitrogen and oxygen atoms in total. The van der Waals surface area contributed by atoms with Gasteiger partial charge in [-0.1, -0.05) is 41.7 Å². The van der Waals surface area contributed by atoms with E-state index in [1.165, 1.54) is 16.9 Å². The van der Waals surface area contributed by atoms with E-state index in [9.17, 15) is 4.79 Å². The normalized spacial score (nSPS) is 17.6. The molecule has 1 fully saturated rings. The zero-order chi connectivity index (χ0) is 16.9. The Hall–Kier alpha value is -1.79. The molecule has 0 N–H and O–H groups in total. The molecule has 2 heterocycles. The third kappa shape index (κ3) is 3.99. The van der Waals surface area contributed by atoms with E-state index in [0.29, 0.717) is 11.0 Å². The molecule has 0 saturated carbocycles. The van der Waals surface area contributed by atoms with Crippen LogP contribution >= 0.6 is 11.3 Å². The van der Waals surface area contributed by atoms with E-state index >= 15 is 0 Å². The topological polar surface area (TPSA) is 49.3 Å². The highest BCUT2D eigenvalue weighted by Crippen LogP contribution is 2.24. The molecular formula is C18H24N4OS. The Morgan fingerprint density at radius 3 is 2.67 bits per heavy atom. The molecule has 0 spiro atoms. The maximum Gasteiger partial charge on any atom is 0.245 e. The lowest BCUT2D eigenvalue weighted by atomic mass is 9.89. The highest BCUT2D eigenvalue weighted by atomic mass is 32.1. The van der Waals surface area contributed by atoms with Gasteiger partial charge in [-0.15, -0.1) is 10.2 Å². The molecule has 0 radical (unpaired) electrons. The van der Waals surface area contributed by atoms with Crippen LogP contribution in [0.2, 0.25) is 0 Å². The third-order valence-electron chi connectivity index (χ3n) is 4.89. The standard InChI is InChI=1S/C18H24N4OS/c1-14(17(23)21(2)18-20-19-13-24-18)22-10-8-16(9-11-22)12-15-6-4-3-5-7-15/h3-7,13-14,16H,8-12H2,1-2H3/t14-/m1/s1. The third-order valence-corrected chi connectivity index (χ3v) is 5.65. The lowest BCUT2D eigenvalue weighted by molar-refractivity contribution is -0.123. The van der Waals surface area contributed by atoms with Crippen LogP contribution in [0.3, 0.4) is 0 Å². The van der Waals surface area contributed by atoms with Crippen molar-refractivity contribution in [1.82, 2.24) is 15.1 Å². The number of likely N-dealkylation sites (tertiary alicyclic amines) is 1. The molecule has 1 aromatic heterocycles. The number of amides is 1.